The number of hydrogen-bond donors (Lipinski definition) is 1. The molecule has 5 nitrogen and oxygen atoms in total. The maximum atomic E-state index is 13.2. The zero-order valence-corrected chi connectivity index (χ0v) is 15.7. The highest BCUT2D eigenvalue weighted by molar-refractivity contribution is 6.32. The number of nitrogens with zero attached hydrogens (tertiary/aromatic N) is 3. The van der Waals surface area contributed by atoms with E-state index in [1.165, 1.54) is 12.1 Å². The van der Waals surface area contributed by atoms with Crippen LogP contribution in [0, 0.1) is 0 Å². The van der Waals surface area contributed by atoms with Gasteiger partial charge in [-0.25, -0.2) is 4.68 Å². The number of para-hydroxylation sites is 1. The number of carbonyl (C=O) groups is 1. The molecule has 0 aliphatic rings. The normalized spacial score (nSPS) is 11.4. The molecule has 1 aromatic heterocycles. The first-order chi connectivity index (χ1) is 13.2. The molecule has 0 aliphatic carbocycles. The number of anilines is 2. The molecular weight excluding hydrogens is 393 g/mol. The van der Waals surface area contributed by atoms with Gasteiger partial charge < -0.3 is 10.2 Å². The molecule has 0 saturated carbocycles. The molecule has 0 spiro atoms. The SMILES string of the molecule is CN(C)c1ccc(NC(=O)c2cc(C(F)(F)F)nn2-c2ccccc2Cl)cc1. The Morgan fingerprint density at radius 1 is 1.11 bits per heavy atom. The lowest BCUT2D eigenvalue weighted by Crippen LogP contribution is -2.17. The number of amides is 1. The fourth-order valence-corrected chi connectivity index (χ4v) is 2.74. The van der Waals surface area contributed by atoms with E-state index in [0.29, 0.717) is 11.8 Å². The minimum atomic E-state index is -4.70. The molecule has 0 saturated heterocycles. The fourth-order valence-electron chi connectivity index (χ4n) is 2.53. The summed E-state index contributed by atoms with van der Waals surface area (Å²) in [6.07, 6.45) is -4.70. The van der Waals surface area contributed by atoms with Crippen LogP contribution in [0.2, 0.25) is 5.02 Å². The number of halogens is 4. The number of carbonyl (C=O) groups excluding carboxylic acids is 1. The molecule has 0 radical (unpaired) electrons. The molecule has 3 aromatic rings. The van der Waals surface area contributed by atoms with Crippen molar-refractivity contribution in [3.63, 3.8) is 0 Å². The second kappa shape index (κ2) is 7.55. The van der Waals surface area contributed by atoms with Gasteiger partial charge in [-0.1, -0.05) is 23.7 Å². The average Bonchev–Trinajstić information content (AvgIpc) is 3.08. The van der Waals surface area contributed by atoms with Gasteiger partial charge in [0.2, 0.25) is 0 Å². The molecular formula is C19H16ClF3N4O. The lowest BCUT2D eigenvalue weighted by molar-refractivity contribution is -0.141. The molecule has 0 aliphatic heterocycles. The van der Waals surface area contributed by atoms with Gasteiger partial charge in [-0.3, -0.25) is 4.79 Å². The predicted molar refractivity (Wildman–Crippen MR) is 102 cm³/mol. The van der Waals surface area contributed by atoms with Crippen molar-refractivity contribution < 1.29 is 18.0 Å². The fraction of sp³-hybridized carbons (Fsp3) is 0.158. The highest BCUT2D eigenvalue weighted by Gasteiger charge is 2.36. The van der Waals surface area contributed by atoms with E-state index in [0.717, 1.165) is 10.4 Å². The summed E-state index contributed by atoms with van der Waals surface area (Å²) in [4.78, 5) is 14.6. The zero-order valence-electron chi connectivity index (χ0n) is 15.0. The predicted octanol–water partition coefficient (Wildman–Crippen LogP) is 4.86. The highest BCUT2D eigenvalue weighted by atomic mass is 35.5. The quantitative estimate of drug-likeness (QED) is 0.670. The number of benzene rings is 2. The van der Waals surface area contributed by atoms with Gasteiger partial charge in [0, 0.05) is 31.5 Å². The summed E-state index contributed by atoms with van der Waals surface area (Å²) < 4.78 is 40.4. The summed E-state index contributed by atoms with van der Waals surface area (Å²) in [5, 5.41) is 6.31. The summed E-state index contributed by atoms with van der Waals surface area (Å²) in [5.41, 5.74) is 0.0694. The first kappa shape index (κ1) is 19.8. The molecule has 3 rings (SSSR count). The van der Waals surface area contributed by atoms with E-state index in [2.05, 4.69) is 10.4 Å². The second-order valence-electron chi connectivity index (χ2n) is 6.17. The lowest BCUT2D eigenvalue weighted by atomic mass is 10.2. The first-order valence-corrected chi connectivity index (χ1v) is 8.55. The smallest absolute Gasteiger partial charge is 0.378 e. The van der Waals surface area contributed by atoms with Crippen LogP contribution in [-0.4, -0.2) is 29.8 Å². The number of rotatable bonds is 4. The molecule has 0 bridgehead atoms. The third kappa shape index (κ3) is 4.12. The molecule has 2 aromatic carbocycles. The van der Waals surface area contributed by atoms with Crippen LogP contribution in [0.5, 0.6) is 0 Å². The van der Waals surface area contributed by atoms with Gasteiger partial charge in [-0.2, -0.15) is 18.3 Å². The Kier molecular flexibility index (Phi) is 5.33. The third-order valence-corrected chi connectivity index (χ3v) is 4.27. The average molecular weight is 409 g/mol. The van der Waals surface area contributed by atoms with E-state index in [4.69, 9.17) is 11.6 Å². The van der Waals surface area contributed by atoms with Crippen LogP contribution in [0.1, 0.15) is 16.2 Å². The van der Waals surface area contributed by atoms with Gasteiger partial charge in [0.15, 0.2) is 5.69 Å². The van der Waals surface area contributed by atoms with Crippen LogP contribution in [0.4, 0.5) is 24.5 Å². The van der Waals surface area contributed by atoms with Crippen LogP contribution in [0.15, 0.2) is 54.6 Å². The topological polar surface area (TPSA) is 50.2 Å². The van der Waals surface area contributed by atoms with E-state index in [9.17, 15) is 18.0 Å². The van der Waals surface area contributed by atoms with Crippen molar-refractivity contribution in [2.45, 2.75) is 6.18 Å². The van der Waals surface area contributed by atoms with Gasteiger partial charge in [-0.05, 0) is 36.4 Å². The Morgan fingerprint density at radius 3 is 2.32 bits per heavy atom. The lowest BCUT2D eigenvalue weighted by Gasteiger charge is -2.13. The molecule has 1 N–H and O–H groups in total. The summed E-state index contributed by atoms with van der Waals surface area (Å²) in [5.74, 6) is -0.736. The summed E-state index contributed by atoms with van der Waals surface area (Å²) in [6, 6.07) is 13.8. The van der Waals surface area contributed by atoms with Crippen LogP contribution in [-0.2, 0) is 6.18 Å². The number of nitrogens with one attached hydrogen (secondary N) is 1. The molecule has 9 heteroatoms. The zero-order chi connectivity index (χ0) is 20.5. The van der Waals surface area contributed by atoms with Gasteiger partial charge in [0.1, 0.15) is 5.69 Å². The van der Waals surface area contributed by atoms with Crippen LogP contribution in [0.25, 0.3) is 5.69 Å². The maximum Gasteiger partial charge on any atom is 0.435 e. The van der Waals surface area contributed by atoms with Crippen molar-refractivity contribution in [1.29, 1.82) is 0 Å². The van der Waals surface area contributed by atoms with Crippen molar-refractivity contribution in [3.8, 4) is 5.69 Å². The summed E-state index contributed by atoms with van der Waals surface area (Å²) in [7, 11) is 3.74. The molecule has 28 heavy (non-hydrogen) atoms. The first-order valence-electron chi connectivity index (χ1n) is 8.17. The van der Waals surface area contributed by atoms with Crippen molar-refractivity contribution >= 4 is 28.9 Å². The summed E-state index contributed by atoms with van der Waals surface area (Å²) in [6.45, 7) is 0. The van der Waals surface area contributed by atoms with Crippen LogP contribution >= 0.6 is 11.6 Å². The monoisotopic (exact) mass is 408 g/mol. The van der Waals surface area contributed by atoms with E-state index in [1.54, 1.807) is 36.4 Å². The minimum absolute atomic E-state index is 0.170. The van der Waals surface area contributed by atoms with E-state index in [1.807, 2.05) is 19.0 Å². The van der Waals surface area contributed by atoms with Crippen LogP contribution < -0.4 is 10.2 Å². The second-order valence-corrected chi connectivity index (χ2v) is 6.58. The van der Waals surface area contributed by atoms with E-state index >= 15 is 0 Å². The van der Waals surface area contributed by atoms with Gasteiger partial charge in [-0.15, -0.1) is 0 Å². The molecule has 0 unspecified atom stereocenters. The Bertz CT molecular complexity index is 997. The minimum Gasteiger partial charge on any atom is -0.378 e. The molecule has 1 heterocycles. The molecule has 146 valence electrons. The summed E-state index contributed by atoms with van der Waals surface area (Å²) >= 11 is 6.09. The van der Waals surface area contributed by atoms with Crippen molar-refractivity contribution in [3.05, 3.63) is 71.0 Å². The standard InChI is InChI=1S/C19H16ClF3N4O/c1-26(2)13-9-7-12(8-10-13)24-18(28)16-11-17(19(21,22)23)25-27(16)15-6-4-3-5-14(15)20/h3-11H,1-2H3,(H,24,28). The number of alkyl halides is 3. The largest absolute Gasteiger partial charge is 0.435 e. The van der Waals surface area contributed by atoms with Crippen molar-refractivity contribution in [1.82, 2.24) is 9.78 Å². The Hall–Kier alpha value is -3.00. The Balaban J connectivity index is 1.98. The molecule has 0 fully saturated rings. The molecule has 1 amide bonds. The van der Waals surface area contributed by atoms with Crippen molar-refractivity contribution in [2.24, 2.45) is 0 Å². The number of hydrogen-bond acceptors (Lipinski definition) is 3. The highest BCUT2D eigenvalue weighted by Crippen LogP contribution is 2.31. The van der Waals surface area contributed by atoms with E-state index < -0.39 is 17.8 Å². The van der Waals surface area contributed by atoms with Crippen molar-refractivity contribution in [2.75, 3.05) is 24.3 Å². The van der Waals surface area contributed by atoms with Gasteiger partial charge >= 0.3 is 6.18 Å². The molecule has 0 atom stereocenters. The van der Waals surface area contributed by atoms with E-state index in [-0.39, 0.29) is 16.4 Å². The van der Waals surface area contributed by atoms with Gasteiger partial charge in [0.25, 0.3) is 5.91 Å². The maximum absolute atomic E-state index is 13.2. The third-order valence-electron chi connectivity index (χ3n) is 3.95. The Labute approximate surface area is 164 Å². The Morgan fingerprint density at radius 2 is 1.75 bits per heavy atom. The van der Waals surface area contributed by atoms with Gasteiger partial charge in [0.05, 0.1) is 10.7 Å². The number of aromatic nitrogens is 2. The van der Waals surface area contributed by atoms with Crippen LogP contribution in [0.3, 0.4) is 0 Å².